The fourth-order valence-corrected chi connectivity index (χ4v) is 11.0. The van der Waals surface area contributed by atoms with Crippen LogP contribution in [0.5, 0.6) is 0 Å². The summed E-state index contributed by atoms with van der Waals surface area (Å²) in [7, 11) is -7.42. The first-order chi connectivity index (χ1) is 30.0. The largest absolute Gasteiger partial charge is 0.324 e. The molecule has 0 amide bonds. The van der Waals surface area contributed by atoms with E-state index in [0.717, 1.165) is 72.2 Å². The standard InChI is InChI=1S/2C23H27ClN4O2S/c2*1-2-22(26-31(29,30)27-15-7-4-8-16-27)28-17-21(18-9-5-3-6-10-18)23(25-28)19-11-13-20(24)14-12-19/h2*3,5-6,9-14,21H,2,4,7-8,15-17H2,1H3/t21-;/m1./s1. The van der Waals surface area contributed by atoms with Gasteiger partial charge in [0.2, 0.25) is 0 Å². The molecule has 0 aromatic heterocycles. The van der Waals surface area contributed by atoms with Crippen molar-refractivity contribution >= 4 is 66.7 Å². The Morgan fingerprint density at radius 1 is 0.532 bits per heavy atom. The van der Waals surface area contributed by atoms with Gasteiger partial charge < -0.3 is 0 Å². The van der Waals surface area contributed by atoms with E-state index in [1.165, 1.54) is 8.61 Å². The van der Waals surface area contributed by atoms with Crippen LogP contribution in [-0.2, 0) is 20.4 Å². The van der Waals surface area contributed by atoms with Gasteiger partial charge in [-0.2, -0.15) is 35.6 Å². The number of benzene rings is 4. The van der Waals surface area contributed by atoms with Gasteiger partial charge in [-0.25, -0.2) is 10.0 Å². The van der Waals surface area contributed by atoms with Crippen LogP contribution in [0.4, 0.5) is 0 Å². The number of nitrogens with zero attached hydrogens (tertiary/aromatic N) is 8. The molecule has 12 nitrogen and oxygen atoms in total. The molecule has 1 unspecified atom stereocenters. The highest BCUT2D eigenvalue weighted by molar-refractivity contribution is 7.88. The molecule has 0 saturated carbocycles. The molecule has 16 heteroatoms. The summed E-state index contributed by atoms with van der Waals surface area (Å²) in [6.07, 6.45) is 6.62. The lowest BCUT2D eigenvalue weighted by atomic mass is 9.91. The van der Waals surface area contributed by atoms with Crippen molar-refractivity contribution in [3.63, 3.8) is 0 Å². The van der Waals surface area contributed by atoms with Crippen molar-refractivity contribution in [1.82, 2.24) is 18.6 Å². The van der Waals surface area contributed by atoms with Crippen molar-refractivity contribution < 1.29 is 16.8 Å². The number of halogens is 2. The average molecular weight is 918 g/mol. The van der Waals surface area contributed by atoms with Gasteiger partial charge in [0, 0.05) is 60.9 Å². The maximum absolute atomic E-state index is 12.9. The van der Waals surface area contributed by atoms with Crippen LogP contribution in [0.25, 0.3) is 0 Å². The van der Waals surface area contributed by atoms with Crippen LogP contribution in [-0.4, -0.2) is 97.8 Å². The molecule has 328 valence electrons. The second-order valence-corrected chi connectivity index (χ2v) is 19.7. The maximum atomic E-state index is 12.9. The summed E-state index contributed by atoms with van der Waals surface area (Å²) in [5.41, 5.74) is 5.98. The Hall–Kier alpha value is -4.44. The van der Waals surface area contributed by atoms with Crippen LogP contribution in [0.2, 0.25) is 10.0 Å². The molecule has 8 rings (SSSR count). The Morgan fingerprint density at radius 3 is 1.19 bits per heavy atom. The van der Waals surface area contributed by atoms with Crippen molar-refractivity contribution in [2.24, 2.45) is 19.0 Å². The van der Waals surface area contributed by atoms with Gasteiger partial charge in [0.25, 0.3) is 0 Å². The SMILES string of the molecule is CCC(=NS(=O)(=O)N1CCCCC1)N1CC(c2ccccc2)C(c2ccc(Cl)cc2)=N1.CCC(=NS(=O)(=O)N1CCCCC1)N1C[C@H](c2ccccc2)C(c2ccc(Cl)cc2)=N1. The highest BCUT2D eigenvalue weighted by Crippen LogP contribution is 2.32. The van der Waals surface area contributed by atoms with E-state index in [1.54, 1.807) is 10.0 Å². The number of amidine groups is 2. The molecular weight excluding hydrogens is 864 g/mol. The van der Waals surface area contributed by atoms with Crippen LogP contribution in [0.1, 0.15) is 99.3 Å². The molecule has 4 aromatic rings. The molecule has 0 spiro atoms. The third kappa shape index (κ3) is 11.2. The Labute approximate surface area is 377 Å². The van der Waals surface area contributed by atoms with Crippen LogP contribution in [0.3, 0.4) is 0 Å². The maximum Gasteiger partial charge on any atom is 0.324 e. The molecule has 2 fully saturated rings. The third-order valence-electron chi connectivity index (χ3n) is 11.5. The molecule has 4 aliphatic heterocycles. The van der Waals surface area contributed by atoms with E-state index in [4.69, 9.17) is 33.4 Å². The molecule has 0 radical (unpaired) electrons. The highest BCUT2D eigenvalue weighted by atomic mass is 35.5. The minimum Gasteiger partial charge on any atom is -0.249 e. The smallest absolute Gasteiger partial charge is 0.249 e. The van der Waals surface area contributed by atoms with Gasteiger partial charge in [0.1, 0.15) is 11.7 Å². The highest BCUT2D eigenvalue weighted by Gasteiger charge is 2.34. The van der Waals surface area contributed by atoms with Crippen molar-refractivity contribution in [3.8, 4) is 0 Å². The zero-order valence-electron chi connectivity index (χ0n) is 35.2. The monoisotopic (exact) mass is 916 g/mol. The lowest BCUT2D eigenvalue weighted by Crippen LogP contribution is -2.36. The van der Waals surface area contributed by atoms with E-state index in [0.29, 0.717) is 73.8 Å². The molecular formula is C46H54Cl2N8O4S2. The predicted octanol–water partition coefficient (Wildman–Crippen LogP) is 9.37. The van der Waals surface area contributed by atoms with Crippen molar-refractivity contribution in [2.45, 2.75) is 77.0 Å². The summed E-state index contributed by atoms with van der Waals surface area (Å²) in [6.45, 7) is 7.07. The first kappa shape index (κ1) is 45.6. The van der Waals surface area contributed by atoms with Gasteiger partial charge in [-0.3, -0.25) is 0 Å². The summed E-state index contributed by atoms with van der Waals surface area (Å²) >= 11 is 12.2. The predicted molar refractivity (Wildman–Crippen MR) is 252 cm³/mol. The summed E-state index contributed by atoms with van der Waals surface area (Å²) < 4.78 is 63.0. The summed E-state index contributed by atoms with van der Waals surface area (Å²) in [6, 6.07) is 35.5. The Morgan fingerprint density at radius 2 is 0.871 bits per heavy atom. The van der Waals surface area contributed by atoms with Gasteiger partial charge in [-0.1, -0.05) is 135 Å². The normalized spacial score (nSPS) is 20.7. The molecule has 62 heavy (non-hydrogen) atoms. The number of hydrazone groups is 2. The quantitative estimate of drug-likeness (QED) is 0.115. The van der Waals surface area contributed by atoms with Crippen molar-refractivity contribution in [2.75, 3.05) is 39.3 Å². The average Bonchev–Trinajstić information content (AvgIpc) is 3.96. The third-order valence-corrected chi connectivity index (χ3v) is 14.9. The van der Waals surface area contributed by atoms with E-state index in [-0.39, 0.29) is 11.8 Å². The van der Waals surface area contributed by atoms with Gasteiger partial charge in [0.15, 0.2) is 0 Å². The Balaban J connectivity index is 0.000000186. The van der Waals surface area contributed by atoms with E-state index >= 15 is 0 Å². The zero-order chi connectivity index (χ0) is 43.7. The van der Waals surface area contributed by atoms with Crippen LogP contribution in [0, 0.1) is 0 Å². The second kappa shape index (κ2) is 20.8. The van der Waals surface area contributed by atoms with Gasteiger partial charge in [0.05, 0.1) is 24.5 Å². The first-order valence-corrected chi connectivity index (χ1v) is 25.0. The molecule has 0 aliphatic carbocycles. The van der Waals surface area contributed by atoms with E-state index in [9.17, 15) is 16.8 Å². The van der Waals surface area contributed by atoms with Crippen molar-refractivity contribution in [1.29, 1.82) is 0 Å². The molecule has 4 aliphatic rings. The summed E-state index contributed by atoms with van der Waals surface area (Å²) in [5.74, 6) is 0.958. The fraction of sp³-hybridized carbons (Fsp3) is 0.391. The van der Waals surface area contributed by atoms with Crippen LogP contribution in [0.15, 0.2) is 128 Å². The topological polar surface area (TPSA) is 131 Å². The number of hydrogen-bond donors (Lipinski definition) is 0. The molecule has 2 atom stereocenters. The Bertz CT molecular complexity index is 2300. The number of piperidine rings is 2. The first-order valence-electron chi connectivity index (χ1n) is 21.5. The van der Waals surface area contributed by atoms with E-state index < -0.39 is 20.4 Å². The minimum absolute atomic E-state index is 0.0109. The van der Waals surface area contributed by atoms with Gasteiger partial charge in [-0.15, -0.1) is 8.80 Å². The van der Waals surface area contributed by atoms with Gasteiger partial charge >= 0.3 is 20.4 Å². The number of hydrogen-bond acceptors (Lipinski definition) is 6. The number of rotatable bonds is 10. The van der Waals surface area contributed by atoms with Crippen molar-refractivity contribution in [3.05, 3.63) is 141 Å². The lowest BCUT2D eigenvalue weighted by molar-refractivity contribution is 0.346. The van der Waals surface area contributed by atoms with E-state index in [1.807, 2.05) is 98.8 Å². The van der Waals surface area contributed by atoms with E-state index in [2.05, 4.69) is 33.1 Å². The van der Waals surface area contributed by atoms with Crippen LogP contribution >= 0.6 is 23.2 Å². The Kier molecular flexibility index (Phi) is 15.3. The zero-order valence-corrected chi connectivity index (χ0v) is 38.4. The summed E-state index contributed by atoms with van der Waals surface area (Å²) in [5, 5.41) is 14.5. The minimum atomic E-state index is -3.71. The molecule has 0 N–H and O–H groups in total. The summed E-state index contributed by atoms with van der Waals surface area (Å²) in [4.78, 5) is 0. The lowest BCUT2D eigenvalue weighted by Gasteiger charge is -2.24. The molecule has 0 bridgehead atoms. The molecule has 2 saturated heterocycles. The van der Waals surface area contributed by atoms with Gasteiger partial charge in [-0.05, 0) is 72.2 Å². The fourth-order valence-electron chi connectivity index (χ4n) is 8.14. The molecule has 4 aromatic carbocycles. The molecule has 4 heterocycles. The van der Waals surface area contributed by atoms with Crippen LogP contribution < -0.4 is 0 Å². The second-order valence-electron chi connectivity index (χ2n) is 15.7.